The van der Waals surface area contributed by atoms with Crippen molar-refractivity contribution in [3.63, 3.8) is 0 Å². The minimum absolute atomic E-state index is 0.00151. The number of hydrogen-bond acceptors (Lipinski definition) is 2. The number of carbonyl (C=O) groups is 2. The molecule has 2 aromatic carbocycles. The molecular weight excluding hydrogens is 307 g/mol. The molecule has 2 rings (SSSR count). The molecule has 0 bridgehead atoms. The van der Waals surface area contributed by atoms with Gasteiger partial charge in [-0.15, -0.1) is 0 Å². The molecule has 0 spiro atoms. The summed E-state index contributed by atoms with van der Waals surface area (Å²) in [6.07, 6.45) is -2.16. The molecule has 1 N–H and O–H groups in total. The van der Waals surface area contributed by atoms with Crippen LogP contribution in [0.4, 0.5) is 18.9 Å². The first kappa shape index (κ1) is 16.5. The third kappa shape index (κ3) is 4.81. The van der Waals surface area contributed by atoms with E-state index in [1.165, 1.54) is 30.4 Å². The quantitative estimate of drug-likeness (QED) is 0.682. The number of halogens is 3. The number of rotatable bonds is 4. The number of nitrogens with one attached hydrogen (secondary N) is 1. The fraction of sp³-hybridized carbons (Fsp3) is 0.0588. The third-order valence-corrected chi connectivity index (χ3v) is 2.89. The minimum Gasteiger partial charge on any atom is -0.318 e. The Bertz CT molecular complexity index is 737. The van der Waals surface area contributed by atoms with Gasteiger partial charge in [-0.25, -0.2) is 0 Å². The Kier molecular flexibility index (Phi) is 4.95. The molecule has 0 aliphatic heterocycles. The highest BCUT2D eigenvalue weighted by Gasteiger charge is 2.38. The van der Waals surface area contributed by atoms with E-state index in [0.29, 0.717) is 11.1 Å². The van der Waals surface area contributed by atoms with Gasteiger partial charge < -0.3 is 5.32 Å². The van der Waals surface area contributed by atoms with Gasteiger partial charge in [0.05, 0.1) is 0 Å². The molecule has 6 heteroatoms. The van der Waals surface area contributed by atoms with Crippen molar-refractivity contribution in [3.8, 4) is 0 Å². The van der Waals surface area contributed by atoms with Crippen molar-refractivity contribution in [1.29, 1.82) is 0 Å². The van der Waals surface area contributed by atoms with E-state index in [0.717, 1.165) is 0 Å². The van der Waals surface area contributed by atoms with Gasteiger partial charge in [0, 0.05) is 11.3 Å². The lowest BCUT2D eigenvalue weighted by atomic mass is 10.1. The molecule has 0 unspecified atom stereocenters. The highest BCUT2D eigenvalue weighted by atomic mass is 19.4. The molecule has 0 heterocycles. The smallest absolute Gasteiger partial charge is 0.318 e. The van der Waals surface area contributed by atoms with Crippen LogP contribution in [0.15, 0.2) is 60.7 Å². The van der Waals surface area contributed by atoms with Crippen LogP contribution in [0.1, 0.15) is 15.9 Å². The molecular formula is C17H12F3NO2. The van der Waals surface area contributed by atoms with Gasteiger partial charge in [0.2, 0.25) is 0 Å². The summed E-state index contributed by atoms with van der Waals surface area (Å²) in [4.78, 5) is 22.8. The van der Waals surface area contributed by atoms with E-state index < -0.39 is 12.1 Å². The largest absolute Gasteiger partial charge is 0.471 e. The molecule has 0 aliphatic carbocycles. The summed E-state index contributed by atoms with van der Waals surface area (Å²) in [6, 6.07) is 14.3. The summed E-state index contributed by atoms with van der Waals surface area (Å²) in [5.41, 5.74) is 1.00. The number of carbonyl (C=O) groups excluding carboxylic acids is 2. The Hall–Kier alpha value is -2.89. The van der Waals surface area contributed by atoms with E-state index in [1.807, 2.05) is 0 Å². The lowest BCUT2D eigenvalue weighted by Crippen LogP contribution is -2.29. The molecule has 0 saturated heterocycles. The fourth-order valence-corrected chi connectivity index (χ4v) is 1.79. The fourth-order valence-electron chi connectivity index (χ4n) is 1.79. The number of allylic oxidation sites excluding steroid dienone is 1. The van der Waals surface area contributed by atoms with Crippen molar-refractivity contribution in [2.75, 3.05) is 5.32 Å². The molecule has 0 fully saturated rings. The molecule has 118 valence electrons. The summed E-state index contributed by atoms with van der Waals surface area (Å²) in [5, 5.41) is 1.76. The van der Waals surface area contributed by atoms with E-state index in [9.17, 15) is 22.8 Å². The van der Waals surface area contributed by atoms with Crippen molar-refractivity contribution >= 4 is 23.5 Å². The van der Waals surface area contributed by atoms with Gasteiger partial charge in [0.15, 0.2) is 5.78 Å². The number of hydrogen-bond donors (Lipinski definition) is 1. The van der Waals surface area contributed by atoms with Crippen LogP contribution in [0.3, 0.4) is 0 Å². The van der Waals surface area contributed by atoms with E-state index in [4.69, 9.17) is 0 Å². The Morgan fingerprint density at radius 3 is 2.30 bits per heavy atom. The Morgan fingerprint density at radius 2 is 1.65 bits per heavy atom. The molecule has 23 heavy (non-hydrogen) atoms. The second kappa shape index (κ2) is 6.91. The maximum Gasteiger partial charge on any atom is 0.471 e. The van der Waals surface area contributed by atoms with Gasteiger partial charge in [-0.2, -0.15) is 13.2 Å². The third-order valence-electron chi connectivity index (χ3n) is 2.89. The monoisotopic (exact) mass is 319 g/mol. The van der Waals surface area contributed by atoms with Crippen molar-refractivity contribution in [2.24, 2.45) is 0 Å². The predicted octanol–water partition coefficient (Wildman–Crippen LogP) is 4.08. The summed E-state index contributed by atoms with van der Waals surface area (Å²) in [5.74, 6) is -2.27. The number of alkyl halides is 3. The van der Waals surface area contributed by atoms with Crippen molar-refractivity contribution in [1.82, 2.24) is 0 Å². The molecule has 0 aromatic heterocycles. The van der Waals surface area contributed by atoms with Crippen molar-refractivity contribution < 1.29 is 22.8 Å². The average molecular weight is 319 g/mol. The number of ketones is 1. The number of benzene rings is 2. The van der Waals surface area contributed by atoms with Crippen LogP contribution in [0, 0.1) is 0 Å². The van der Waals surface area contributed by atoms with E-state index in [1.54, 1.807) is 41.7 Å². The van der Waals surface area contributed by atoms with Gasteiger partial charge >= 0.3 is 12.1 Å². The summed E-state index contributed by atoms with van der Waals surface area (Å²) in [7, 11) is 0. The van der Waals surface area contributed by atoms with Gasteiger partial charge in [-0.05, 0) is 23.8 Å². The zero-order valence-electron chi connectivity index (χ0n) is 11.8. The number of amides is 1. The zero-order chi connectivity index (χ0) is 16.9. The van der Waals surface area contributed by atoms with Gasteiger partial charge in [0.25, 0.3) is 0 Å². The summed E-state index contributed by atoms with van der Waals surface area (Å²) in [6.45, 7) is 0. The maximum absolute atomic E-state index is 12.2. The normalized spacial score (nSPS) is 11.4. The van der Waals surface area contributed by atoms with Crippen LogP contribution in [0.5, 0.6) is 0 Å². The molecule has 0 saturated carbocycles. The highest BCUT2D eigenvalue weighted by molar-refractivity contribution is 6.06. The van der Waals surface area contributed by atoms with Gasteiger partial charge in [-0.3, -0.25) is 9.59 Å². The first-order valence-electron chi connectivity index (χ1n) is 6.62. The molecule has 0 aliphatic rings. The lowest BCUT2D eigenvalue weighted by Gasteiger charge is -2.08. The van der Waals surface area contributed by atoms with Crippen LogP contribution in [0.25, 0.3) is 6.08 Å². The zero-order valence-corrected chi connectivity index (χ0v) is 11.8. The topological polar surface area (TPSA) is 46.2 Å². The molecule has 0 radical (unpaired) electrons. The van der Waals surface area contributed by atoms with Crippen molar-refractivity contribution in [2.45, 2.75) is 6.18 Å². The lowest BCUT2D eigenvalue weighted by molar-refractivity contribution is -0.167. The SMILES string of the molecule is O=C(/C=C/c1cccc(NC(=O)C(F)(F)F)c1)c1ccccc1. The first-order chi connectivity index (χ1) is 10.9. The van der Waals surface area contributed by atoms with Crippen molar-refractivity contribution in [3.05, 3.63) is 71.8 Å². The Balaban J connectivity index is 2.10. The van der Waals surface area contributed by atoms with Gasteiger partial charge in [-0.1, -0.05) is 48.5 Å². The highest BCUT2D eigenvalue weighted by Crippen LogP contribution is 2.19. The molecule has 3 nitrogen and oxygen atoms in total. The number of anilines is 1. The van der Waals surface area contributed by atoms with E-state index in [-0.39, 0.29) is 11.5 Å². The van der Waals surface area contributed by atoms with E-state index in [2.05, 4.69) is 0 Å². The Morgan fingerprint density at radius 1 is 0.957 bits per heavy atom. The minimum atomic E-state index is -4.95. The predicted molar refractivity (Wildman–Crippen MR) is 80.9 cm³/mol. The standard InChI is InChI=1S/C17H12F3NO2/c18-17(19,20)16(23)21-14-8-4-5-12(11-14)9-10-15(22)13-6-2-1-3-7-13/h1-11H,(H,21,23)/b10-9+. The van der Waals surface area contributed by atoms with E-state index >= 15 is 0 Å². The van der Waals surface area contributed by atoms with Crippen LogP contribution in [0.2, 0.25) is 0 Å². The van der Waals surface area contributed by atoms with Crippen LogP contribution in [-0.2, 0) is 4.79 Å². The second-order valence-corrected chi connectivity index (χ2v) is 4.64. The van der Waals surface area contributed by atoms with Gasteiger partial charge in [0.1, 0.15) is 0 Å². The maximum atomic E-state index is 12.2. The van der Waals surface area contributed by atoms with Crippen LogP contribution >= 0.6 is 0 Å². The first-order valence-corrected chi connectivity index (χ1v) is 6.62. The van der Waals surface area contributed by atoms with Crippen LogP contribution < -0.4 is 5.32 Å². The molecule has 1 amide bonds. The summed E-state index contributed by atoms with van der Waals surface area (Å²) >= 11 is 0. The van der Waals surface area contributed by atoms with Crippen LogP contribution in [-0.4, -0.2) is 17.9 Å². The average Bonchev–Trinajstić information content (AvgIpc) is 2.53. The Labute approximate surface area is 130 Å². The molecule has 0 atom stereocenters. The summed E-state index contributed by atoms with van der Waals surface area (Å²) < 4.78 is 36.6. The second-order valence-electron chi connectivity index (χ2n) is 4.64. The molecule has 2 aromatic rings.